The molecule has 3 heteroatoms. The van der Waals surface area contributed by atoms with Gasteiger partial charge >= 0.3 is 0 Å². The molecule has 0 aliphatic carbocycles. The van der Waals surface area contributed by atoms with Crippen LogP contribution in [0.15, 0.2) is 65.6 Å². The Labute approximate surface area is 119 Å². The van der Waals surface area contributed by atoms with E-state index in [1.807, 2.05) is 36.4 Å². The summed E-state index contributed by atoms with van der Waals surface area (Å²) < 4.78 is 26.0. The van der Waals surface area contributed by atoms with Gasteiger partial charge in [-0.15, -0.1) is 0 Å². The first-order valence-corrected chi connectivity index (χ1v) is 7.84. The number of hydrogen-bond acceptors (Lipinski definition) is 1. The zero-order chi connectivity index (χ0) is 14.1. The summed E-state index contributed by atoms with van der Waals surface area (Å²) in [5, 5.41) is 2.03. The Morgan fingerprint density at radius 2 is 1.45 bits per heavy atom. The molecule has 1 unspecified atom stereocenters. The van der Waals surface area contributed by atoms with Crippen LogP contribution in [0.4, 0.5) is 4.39 Å². The largest absolute Gasteiger partial charge is 0.255 e. The van der Waals surface area contributed by atoms with Gasteiger partial charge in [-0.25, -0.2) is 4.39 Å². The smallest absolute Gasteiger partial charge is 0.131 e. The first-order chi connectivity index (χ1) is 9.66. The average Bonchev–Trinajstić information content (AvgIpc) is 2.46. The molecular formula is C17H13FOS. The van der Waals surface area contributed by atoms with Gasteiger partial charge in [0.25, 0.3) is 0 Å². The lowest BCUT2D eigenvalue weighted by molar-refractivity contribution is 0.631. The Morgan fingerprint density at radius 1 is 0.850 bits per heavy atom. The van der Waals surface area contributed by atoms with Crippen molar-refractivity contribution in [2.75, 3.05) is 6.26 Å². The van der Waals surface area contributed by atoms with E-state index in [9.17, 15) is 8.60 Å². The van der Waals surface area contributed by atoms with E-state index in [4.69, 9.17) is 0 Å². The molecule has 1 atom stereocenters. The molecule has 0 aromatic heterocycles. The Bertz CT molecular complexity index is 811. The molecule has 0 N–H and O–H groups in total. The van der Waals surface area contributed by atoms with E-state index in [0.717, 1.165) is 10.8 Å². The summed E-state index contributed by atoms with van der Waals surface area (Å²) in [4.78, 5) is 0.661. The molecule has 3 aromatic carbocycles. The van der Waals surface area contributed by atoms with E-state index >= 15 is 0 Å². The van der Waals surface area contributed by atoms with Gasteiger partial charge < -0.3 is 0 Å². The van der Waals surface area contributed by atoms with Crippen LogP contribution in [-0.2, 0) is 10.8 Å². The number of benzene rings is 3. The van der Waals surface area contributed by atoms with Crippen LogP contribution in [0.3, 0.4) is 0 Å². The summed E-state index contributed by atoms with van der Waals surface area (Å²) in [5.41, 5.74) is 1.19. The summed E-state index contributed by atoms with van der Waals surface area (Å²) >= 11 is 0. The van der Waals surface area contributed by atoms with Crippen molar-refractivity contribution >= 4 is 21.6 Å². The van der Waals surface area contributed by atoms with Gasteiger partial charge in [0.2, 0.25) is 0 Å². The summed E-state index contributed by atoms with van der Waals surface area (Å²) in [6.45, 7) is 0. The lowest BCUT2D eigenvalue weighted by Gasteiger charge is -2.11. The summed E-state index contributed by atoms with van der Waals surface area (Å²) in [5.74, 6) is -0.297. The predicted octanol–water partition coefficient (Wildman–Crippen LogP) is 4.38. The molecule has 3 rings (SSSR count). The third-order valence-corrected chi connectivity index (χ3v) is 4.28. The summed E-state index contributed by atoms with van der Waals surface area (Å²) in [6.07, 6.45) is 1.62. The molecule has 0 aliphatic heterocycles. The van der Waals surface area contributed by atoms with Crippen LogP contribution < -0.4 is 0 Å². The zero-order valence-corrected chi connectivity index (χ0v) is 11.8. The number of halogens is 1. The van der Waals surface area contributed by atoms with E-state index in [2.05, 4.69) is 0 Å². The van der Waals surface area contributed by atoms with Crippen molar-refractivity contribution in [2.24, 2.45) is 0 Å². The first kappa shape index (κ1) is 13.0. The van der Waals surface area contributed by atoms with E-state index in [-0.39, 0.29) is 5.82 Å². The topological polar surface area (TPSA) is 17.1 Å². The zero-order valence-electron chi connectivity index (χ0n) is 11.0. The molecule has 0 fully saturated rings. The van der Waals surface area contributed by atoms with Crippen molar-refractivity contribution < 1.29 is 8.60 Å². The van der Waals surface area contributed by atoms with Crippen molar-refractivity contribution in [3.05, 3.63) is 66.5 Å². The van der Waals surface area contributed by atoms with E-state index in [0.29, 0.717) is 16.0 Å². The highest BCUT2D eigenvalue weighted by atomic mass is 32.2. The summed E-state index contributed by atoms with van der Waals surface area (Å²) in [6, 6.07) is 18.2. The maximum absolute atomic E-state index is 14.0. The fourth-order valence-corrected chi connectivity index (χ4v) is 3.12. The highest BCUT2D eigenvalue weighted by Crippen LogP contribution is 2.32. The molecule has 0 spiro atoms. The second kappa shape index (κ2) is 5.17. The van der Waals surface area contributed by atoms with Crippen LogP contribution in [0.2, 0.25) is 0 Å². The molecule has 0 saturated heterocycles. The molecule has 0 radical (unpaired) electrons. The van der Waals surface area contributed by atoms with Crippen LogP contribution in [0.25, 0.3) is 21.9 Å². The molecule has 0 heterocycles. The van der Waals surface area contributed by atoms with Gasteiger partial charge in [-0.2, -0.15) is 0 Å². The monoisotopic (exact) mass is 284 g/mol. The van der Waals surface area contributed by atoms with Crippen molar-refractivity contribution in [2.45, 2.75) is 4.90 Å². The standard InChI is InChI=1S/C17H13FOS/c1-20(19)17-11-13-7-3-2-6-12(13)10-15(17)14-8-4-5-9-16(14)18/h2-11H,1H3. The van der Waals surface area contributed by atoms with Gasteiger partial charge in [0.15, 0.2) is 0 Å². The fourth-order valence-electron chi connectivity index (χ4n) is 2.35. The maximum Gasteiger partial charge on any atom is 0.131 e. The first-order valence-electron chi connectivity index (χ1n) is 6.28. The van der Waals surface area contributed by atoms with E-state index in [1.54, 1.807) is 24.5 Å². The van der Waals surface area contributed by atoms with Gasteiger partial charge in [-0.3, -0.25) is 4.21 Å². The predicted molar refractivity (Wildman–Crippen MR) is 81.7 cm³/mol. The highest BCUT2D eigenvalue weighted by Gasteiger charge is 2.13. The second-order valence-corrected chi connectivity index (χ2v) is 5.98. The van der Waals surface area contributed by atoms with Gasteiger partial charge in [-0.05, 0) is 29.0 Å². The normalized spacial score (nSPS) is 12.5. The Morgan fingerprint density at radius 3 is 2.10 bits per heavy atom. The molecule has 0 saturated carbocycles. The minimum absolute atomic E-state index is 0.297. The Hall–Kier alpha value is -2.00. The number of hydrogen-bond donors (Lipinski definition) is 0. The number of fused-ring (bicyclic) bond motifs is 1. The van der Waals surface area contributed by atoms with Crippen molar-refractivity contribution in [3.63, 3.8) is 0 Å². The molecule has 0 amide bonds. The van der Waals surface area contributed by atoms with Crippen LogP contribution in [0.1, 0.15) is 0 Å². The van der Waals surface area contributed by atoms with Crippen molar-refractivity contribution in [1.29, 1.82) is 0 Å². The fraction of sp³-hybridized carbons (Fsp3) is 0.0588. The van der Waals surface area contributed by atoms with Crippen LogP contribution >= 0.6 is 0 Å². The third-order valence-electron chi connectivity index (χ3n) is 3.32. The molecule has 0 aliphatic rings. The summed E-state index contributed by atoms with van der Waals surface area (Å²) in [7, 11) is -1.17. The minimum atomic E-state index is -1.17. The molecule has 1 nitrogen and oxygen atoms in total. The van der Waals surface area contributed by atoms with E-state index < -0.39 is 10.8 Å². The molecule has 3 aromatic rings. The van der Waals surface area contributed by atoms with E-state index in [1.165, 1.54) is 6.07 Å². The molecule has 100 valence electrons. The minimum Gasteiger partial charge on any atom is -0.255 e. The second-order valence-electron chi connectivity index (χ2n) is 4.63. The van der Waals surface area contributed by atoms with Gasteiger partial charge in [0.05, 0.1) is 10.8 Å². The maximum atomic E-state index is 14.0. The Balaban J connectivity index is 2.36. The lowest BCUT2D eigenvalue weighted by Crippen LogP contribution is -1.94. The van der Waals surface area contributed by atoms with Crippen molar-refractivity contribution in [1.82, 2.24) is 0 Å². The van der Waals surface area contributed by atoms with Crippen LogP contribution in [0.5, 0.6) is 0 Å². The Kier molecular flexibility index (Phi) is 3.36. The molecule has 0 bridgehead atoms. The van der Waals surface area contributed by atoms with Crippen molar-refractivity contribution in [3.8, 4) is 11.1 Å². The highest BCUT2D eigenvalue weighted by molar-refractivity contribution is 7.84. The SMILES string of the molecule is CS(=O)c1cc2ccccc2cc1-c1ccccc1F. The van der Waals surface area contributed by atoms with Gasteiger partial charge in [-0.1, -0.05) is 42.5 Å². The van der Waals surface area contributed by atoms with Crippen LogP contribution in [0, 0.1) is 5.82 Å². The lowest BCUT2D eigenvalue weighted by atomic mass is 10.0. The molecule has 20 heavy (non-hydrogen) atoms. The van der Waals surface area contributed by atoms with Gasteiger partial charge in [0, 0.05) is 22.3 Å². The molecular weight excluding hydrogens is 271 g/mol. The average molecular weight is 284 g/mol. The number of rotatable bonds is 2. The quantitative estimate of drug-likeness (QED) is 0.682. The van der Waals surface area contributed by atoms with Gasteiger partial charge in [0.1, 0.15) is 5.82 Å². The van der Waals surface area contributed by atoms with Crippen LogP contribution in [-0.4, -0.2) is 10.5 Å². The third kappa shape index (κ3) is 2.25.